The molecule has 0 aromatic heterocycles. The number of methoxy groups -OCH3 is 1. The van der Waals surface area contributed by atoms with Gasteiger partial charge in [-0.2, -0.15) is 0 Å². The zero-order chi connectivity index (χ0) is 17.3. The Bertz CT molecular complexity index is 691. The molecule has 0 saturated carbocycles. The highest BCUT2D eigenvalue weighted by Gasteiger charge is 2.35. The normalized spacial score (nSPS) is 20.0. The monoisotopic (exact) mass is 394 g/mol. The largest absolute Gasteiger partial charge is 0.380 e. The molecule has 1 atom stereocenters. The van der Waals surface area contributed by atoms with Crippen LogP contribution < -0.4 is 0 Å². The SMILES string of the molecule is COC1CCN(C(=O)CCCN2C(=O)c3ccc(Br)cc3C2=O)C1. The molecule has 1 unspecified atom stereocenters. The summed E-state index contributed by atoms with van der Waals surface area (Å²) in [6, 6.07) is 5.06. The maximum absolute atomic E-state index is 12.3. The molecule has 0 bridgehead atoms. The van der Waals surface area contributed by atoms with Crippen LogP contribution in [-0.4, -0.2) is 60.4 Å². The van der Waals surface area contributed by atoms with Crippen molar-refractivity contribution < 1.29 is 19.1 Å². The Kier molecular flexibility index (Phi) is 5.01. The average Bonchev–Trinajstić information content (AvgIpc) is 3.14. The Morgan fingerprint density at radius 2 is 2.04 bits per heavy atom. The van der Waals surface area contributed by atoms with Gasteiger partial charge in [0.15, 0.2) is 0 Å². The summed E-state index contributed by atoms with van der Waals surface area (Å²) < 4.78 is 6.02. The Morgan fingerprint density at radius 1 is 1.29 bits per heavy atom. The maximum atomic E-state index is 12.3. The van der Waals surface area contributed by atoms with E-state index in [1.807, 2.05) is 0 Å². The van der Waals surface area contributed by atoms with Crippen LogP contribution in [0.4, 0.5) is 0 Å². The summed E-state index contributed by atoms with van der Waals surface area (Å²) in [4.78, 5) is 39.9. The number of carbonyl (C=O) groups is 3. The molecule has 3 rings (SSSR count). The Labute approximate surface area is 148 Å². The van der Waals surface area contributed by atoms with Gasteiger partial charge in [0.2, 0.25) is 5.91 Å². The van der Waals surface area contributed by atoms with E-state index in [1.165, 1.54) is 4.90 Å². The van der Waals surface area contributed by atoms with E-state index in [9.17, 15) is 14.4 Å². The Balaban J connectivity index is 1.54. The lowest BCUT2D eigenvalue weighted by Gasteiger charge is -2.17. The number of fused-ring (bicyclic) bond motifs is 1. The van der Waals surface area contributed by atoms with E-state index in [2.05, 4.69) is 15.9 Å². The molecule has 6 nitrogen and oxygen atoms in total. The van der Waals surface area contributed by atoms with Gasteiger partial charge in [0, 0.05) is 37.6 Å². The van der Waals surface area contributed by atoms with E-state index in [4.69, 9.17) is 4.74 Å². The highest BCUT2D eigenvalue weighted by Crippen LogP contribution is 2.26. The number of carbonyl (C=O) groups excluding carboxylic acids is 3. The first-order chi connectivity index (χ1) is 11.5. The van der Waals surface area contributed by atoms with Crippen molar-refractivity contribution in [2.75, 3.05) is 26.7 Å². The summed E-state index contributed by atoms with van der Waals surface area (Å²) >= 11 is 3.31. The number of rotatable bonds is 5. The minimum Gasteiger partial charge on any atom is -0.380 e. The van der Waals surface area contributed by atoms with Crippen LogP contribution in [0, 0.1) is 0 Å². The summed E-state index contributed by atoms with van der Waals surface area (Å²) in [5.74, 6) is -0.520. The van der Waals surface area contributed by atoms with E-state index in [0.717, 1.165) is 10.9 Å². The van der Waals surface area contributed by atoms with Gasteiger partial charge < -0.3 is 9.64 Å². The van der Waals surface area contributed by atoms with Gasteiger partial charge in [-0.25, -0.2) is 0 Å². The number of hydrogen-bond acceptors (Lipinski definition) is 4. The zero-order valence-electron chi connectivity index (χ0n) is 13.5. The van der Waals surface area contributed by atoms with E-state index in [0.29, 0.717) is 37.1 Å². The standard InChI is InChI=1S/C17H19BrN2O4/c1-24-12-6-8-19(10-12)15(21)3-2-7-20-16(22)13-5-4-11(18)9-14(13)17(20)23/h4-5,9,12H,2-3,6-8,10H2,1H3. The lowest BCUT2D eigenvalue weighted by Crippen LogP contribution is -2.33. The molecule has 2 heterocycles. The number of nitrogens with zero attached hydrogens (tertiary/aromatic N) is 2. The molecule has 0 spiro atoms. The van der Waals surface area contributed by atoms with Gasteiger partial charge in [0.05, 0.1) is 17.2 Å². The molecule has 7 heteroatoms. The maximum Gasteiger partial charge on any atom is 0.261 e. The highest BCUT2D eigenvalue weighted by molar-refractivity contribution is 9.10. The zero-order valence-corrected chi connectivity index (χ0v) is 15.0. The molecule has 0 N–H and O–H groups in total. The van der Waals surface area contributed by atoms with Gasteiger partial charge >= 0.3 is 0 Å². The predicted molar refractivity (Wildman–Crippen MR) is 90.7 cm³/mol. The van der Waals surface area contributed by atoms with Crippen molar-refractivity contribution >= 4 is 33.7 Å². The van der Waals surface area contributed by atoms with E-state index < -0.39 is 0 Å². The minimum absolute atomic E-state index is 0.0499. The van der Waals surface area contributed by atoms with Crippen LogP contribution >= 0.6 is 15.9 Å². The number of ether oxygens (including phenoxy) is 1. The Hall–Kier alpha value is -1.73. The number of likely N-dealkylation sites (tertiary alicyclic amines) is 1. The molecular formula is C17H19BrN2O4. The van der Waals surface area contributed by atoms with Crippen LogP contribution in [0.5, 0.6) is 0 Å². The Morgan fingerprint density at radius 3 is 2.75 bits per heavy atom. The second-order valence-corrected chi connectivity index (χ2v) is 6.96. The van der Waals surface area contributed by atoms with Crippen molar-refractivity contribution in [3.05, 3.63) is 33.8 Å². The second-order valence-electron chi connectivity index (χ2n) is 6.04. The van der Waals surface area contributed by atoms with Crippen LogP contribution in [0.25, 0.3) is 0 Å². The fourth-order valence-corrected chi connectivity index (χ4v) is 3.52. The molecule has 2 aliphatic rings. The lowest BCUT2D eigenvalue weighted by atomic mass is 10.1. The van der Waals surface area contributed by atoms with Crippen molar-refractivity contribution in [3.63, 3.8) is 0 Å². The number of halogens is 1. The first kappa shape index (κ1) is 17.1. The van der Waals surface area contributed by atoms with Crippen molar-refractivity contribution in [3.8, 4) is 0 Å². The van der Waals surface area contributed by atoms with Crippen LogP contribution in [0.3, 0.4) is 0 Å². The van der Waals surface area contributed by atoms with E-state index >= 15 is 0 Å². The highest BCUT2D eigenvalue weighted by atomic mass is 79.9. The summed E-state index contributed by atoms with van der Waals surface area (Å²) in [5.41, 5.74) is 0.847. The molecule has 1 aromatic rings. The van der Waals surface area contributed by atoms with Gasteiger partial charge in [-0.1, -0.05) is 15.9 Å². The number of amides is 3. The van der Waals surface area contributed by atoms with Crippen molar-refractivity contribution in [2.45, 2.75) is 25.4 Å². The van der Waals surface area contributed by atoms with Gasteiger partial charge in [-0.3, -0.25) is 19.3 Å². The van der Waals surface area contributed by atoms with E-state index in [1.54, 1.807) is 30.2 Å². The summed E-state index contributed by atoms with van der Waals surface area (Å²) in [6.07, 6.45) is 1.77. The van der Waals surface area contributed by atoms with Gasteiger partial charge in [-0.15, -0.1) is 0 Å². The van der Waals surface area contributed by atoms with Crippen molar-refractivity contribution in [1.29, 1.82) is 0 Å². The van der Waals surface area contributed by atoms with Gasteiger partial charge in [0.25, 0.3) is 11.8 Å². The fraction of sp³-hybridized carbons (Fsp3) is 0.471. The summed E-state index contributed by atoms with van der Waals surface area (Å²) in [6.45, 7) is 1.59. The van der Waals surface area contributed by atoms with Crippen LogP contribution in [0.1, 0.15) is 40.0 Å². The third-order valence-electron chi connectivity index (χ3n) is 4.54. The van der Waals surface area contributed by atoms with Gasteiger partial charge in [-0.05, 0) is 31.0 Å². The molecule has 3 amide bonds. The minimum atomic E-state index is -0.288. The molecule has 2 aliphatic heterocycles. The molecule has 0 radical (unpaired) electrons. The topological polar surface area (TPSA) is 66.9 Å². The van der Waals surface area contributed by atoms with Crippen molar-refractivity contribution in [2.24, 2.45) is 0 Å². The third-order valence-corrected chi connectivity index (χ3v) is 5.03. The number of hydrogen-bond donors (Lipinski definition) is 0. The summed E-state index contributed by atoms with van der Waals surface area (Å²) in [7, 11) is 1.65. The molecule has 24 heavy (non-hydrogen) atoms. The molecule has 128 valence electrons. The fourth-order valence-electron chi connectivity index (χ4n) is 3.16. The average molecular weight is 395 g/mol. The molecule has 1 aromatic carbocycles. The molecular weight excluding hydrogens is 376 g/mol. The molecule has 1 fully saturated rings. The van der Waals surface area contributed by atoms with Crippen LogP contribution in [0.15, 0.2) is 22.7 Å². The van der Waals surface area contributed by atoms with Crippen molar-refractivity contribution in [1.82, 2.24) is 9.80 Å². The third kappa shape index (κ3) is 3.23. The van der Waals surface area contributed by atoms with Gasteiger partial charge in [0.1, 0.15) is 0 Å². The first-order valence-corrected chi connectivity index (χ1v) is 8.77. The predicted octanol–water partition coefficient (Wildman–Crippen LogP) is 2.07. The quantitative estimate of drug-likeness (QED) is 0.716. The molecule has 1 saturated heterocycles. The lowest BCUT2D eigenvalue weighted by molar-refractivity contribution is -0.130. The molecule has 0 aliphatic carbocycles. The number of imide groups is 1. The number of benzene rings is 1. The van der Waals surface area contributed by atoms with Crippen LogP contribution in [-0.2, 0) is 9.53 Å². The smallest absolute Gasteiger partial charge is 0.261 e. The summed E-state index contributed by atoms with van der Waals surface area (Å²) in [5, 5.41) is 0. The first-order valence-electron chi connectivity index (χ1n) is 7.97. The van der Waals surface area contributed by atoms with Crippen LogP contribution in [0.2, 0.25) is 0 Å². The second kappa shape index (κ2) is 7.03. The van der Waals surface area contributed by atoms with E-state index in [-0.39, 0.29) is 30.4 Å².